The van der Waals surface area contributed by atoms with Gasteiger partial charge in [-0.1, -0.05) is 30.3 Å². The largest absolute Gasteiger partial charge is 0.376 e. The highest BCUT2D eigenvalue weighted by molar-refractivity contribution is 5.18. The van der Waals surface area contributed by atoms with Gasteiger partial charge in [-0.2, -0.15) is 0 Å². The van der Waals surface area contributed by atoms with E-state index in [0.717, 1.165) is 13.2 Å². The van der Waals surface area contributed by atoms with E-state index in [1.807, 2.05) is 25.2 Å². The summed E-state index contributed by atoms with van der Waals surface area (Å²) in [7, 11) is 1.96. The average molecular weight is 207 g/mol. The molecule has 1 aromatic carbocycles. The Morgan fingerprint density at radius 1 is 1.40 bits per heavy atom. The van der Waals surface area contributed by atoms with Crippen LogP contribution in [-0.2, 0) is 9.47 Å². The Morgan fingerprint density at radius 2 is 2.13 bits per heavy atom. The van der Waals surface area contributed by atoms with Gasteiger partial charge in [0.15, 0.2) is 0 Å². The molecule has 1 atom stereocenters. The van der Waals surface area contributed by atoms with E-state index in [4.69, 9.17) is 9.47 Å². The highest BCUT2D eigenvalue weighted by atomic mass is 16.6. The molecule has 82 valence electrons. The summed E-state index contributed by atoms with van der Waals surface area (Å²) in [5.74, 6) is 0. The number of nitrogens with one attached hydrogen (secondary N) is 1. The number of hydrogen-bond acceptors (Lipinski definition) is 3. The summed E-state index contributed by atoms with van der Waals surface area (Å²) < 4.78 is 10.8. The highest BCUT2D eigenvalue weighted by Crippen LogP contribution is 2.14. The van der Waals surface area contributed by atoms with E-state index in [-0.39, 0.29) is 6.04 Å². The normalized spacial score (nSPS) is 18.5. The zero-order valence-electron chi connectivity index (χ0n) is 8.98. The van der Waals surface area contributed by atoms with Gasteiger partial charge in [0, 0.05) is 0 Å². The van der Waals surface area contributed by atoms with Gasteiger partial charge in [0.05, 0.1) is 25.9 Å². The second-order valence-electron chi connectivity index (χ2n) is 3.74. The fourth-order valence-corrected chi connectivity index (χ4v) is 1.57. The SMILES string of the molecule is CNC(COC1COC1)c1ccccc1. The van der Waals surface area contributed by atoms with Crippen molar-refractivity contribution in [2.45, 2.75) is 12.1 Å². The van der Waals surface area contributed by atoms with Gasteiger partial charge in [0.2, 0.25) is 0 Å². The van der Waals surface area contributed by atoms with Gasteiger partial charge in [0.1, 0.15) is 6.10 Å². The first kappa shape index (κ1) is 10.6. The lowest BCUT2D eigenvalue weighted by atomic mass is 10.1. The molecule has 0 bridgehead atoms. The van der Waals surface area contributed by atoms with Crippen LogP contribution in [0.25, 0.3) is 0 Å². The van der Waals surface area contributed by atoms with Gasteiger partial charge in [-0.05, 0) is 12.6 Å². The quantitative estimate of drug-likeness (QED) is 0.791. The predicted molar refractivity (Wildman–Crippen MR) is 58.8 cm³/mol. The molecule has 1 N–H and O–H groups in total. The summed E-state index contributed by atoms with van der Waals surface area (Å²) in [5, 5.41) is 3.26. The van der Waals surface area contributed by atoms with Gasteiger partial charge >= 0.3 is 0 Å². The first-order chi connectivity index (χ1) is 7.40. The summed E-state index contributed by atoms with van der Waals surface area (Å²) >= 11 is 0. The van der Waals surface area contributed by atoms with E-state index in [1.54, 1.807) is 0 Å². The van der Waals surface area contributed by atoms with Crippen molar-refractivity contribution in [3.63, 3.8) is 0 Å². The van der Waals surface area contributed by atoms with E-state index < -0.39 is 0 Å². The smallest absolute Gasteiger partial charge is 0.104 e. The molecule has 0 saturated carbocycles. The summed E-state index contributed by atoms with van der Waals surface area (Å²) in [6, 6.07) is 10.6. The summed E-state index contributed by atoms with van der Waals surface area (Å²) in [6.45, 7) is 2.19. The molecule has 2 rings (SSSR count). The monoisotopic (exact) mass is 207 g/mol. The van der Waals surface area contributed by atoms with Gasteiger partial charge in [-0.25, -0.2) is 0 Å². The number of rotatable bonds is 5. The van der Waals surface area contributed by atoms with Crippen LogP contribution in [0.4, 0.5) is 0 Å². The minimum Gasteiger partial charge on any atom is -0.376 e. The second-order valence-corrected chi connectivity index (χ2v) is 3.74. The molecule has 0 amide bonds. The lowest BCUT2D eigenvalue weighted by molar-refractivity contribution is -0.133. The molecular weight excluding hydrogens is 190 g/mol. The van der Waals surface area contributed by atoms with Crippen molar-refractivity contribution in [1.82, 2.24) is 5.32 Å². The van der Waals surface area contributed by atoms with Gasteiger partial charge in [-0.15, -0.1) is 0 Å². The maximum Gasteiger partial charge on any atom is 0.104 e. The van der Waals surface area contributed by atoms with Crippen molar-refractivity contribution in [3.8, 4) is 0 Å². The van der Waals surface area contributed by atoms with E-state index in [2.05, 4.69) is 17.4 Å². The second kappa shape index (κ2) is 5.26. The fourth-order valence-electron chi connectivity index (χ4n) is 1.57. The molecule has 15 heavy (non-hydrogen) atoms. The number of hydrogen-bond donors (Lipinski definition) is 1. The Labute approximate surface area is 90.4 Å². The summed E-state index contributed by atoms with van der Waals surface area (Å²) in [5.41, 5.74) is 1.26. The van der Waals surface area contributed by atoms with Crippen LogP contribution in [0.3, 0.4) is 0 Å². The molecule has 1 aromatic rings. The molecule has 1 unspecified atom stereocenters. The van der Waals surface area contributed by atoms with Crippen molar-refractivity contribution in [3.05, 3.63) is 35.9 Å². The molecule has 1 saturated heterocycles. The molecule has 1 aliphatic rings. The molecule has 1 heterocycles. The molecule has 0 radical (unpaired) electrons. The van der Waals surface area contributed by atoms with E-state index in [0.29, 0.717) is 12.7 Å². The molecule has 0 spiro atoms. The minimum absolute atomic E-state index is 0.270. The van der Waals surface area contributed by atoms with Crippen LogP contribution >= 0.6 is 0 Å². The Morgan fingerprint density at radius 3 is 2.67 bits per heavy atom. The first-order valence-corrected chi connectivity index (χ1v) is 5.31. The topological polar surface area (TPSA) is 30.5 Å². The third-order valence-corrected chi connectivity index (χ3v) is 2.66. The first-order valence-electron chi connectivity index (χ1n) is 5.31. The number of likely N-dealkylation sites (N-methyl/N-ethyl adjacent to an activating group) is 1. The molecule has 3 heteroatoms. The van der Waals surface area contributed by atoms with Crippen molar-refractivity contribution in [2.24, 2.45) is 0 Å². The van der Waals surface area contributed by atoms with Gasteiger partial charge < -0.3 is 14.8 Å². The summed E-state index contributed by atoms with van der Waals surface area (Å²) in [4.78, 5) is 0. The average Bonchev–Trinajstić information content (AvgIpc) is 2.23. The van der Waals surface area contributed by atoms with Crippen LogP contribution in [0.5, 0.6) is 0 Å². The Kier molecular flexibility index (Phi) is 3.72. The lowest BCUT2D eigenvalue weighted by Crippen LogP contribution is -2.38. The Bertz CT molecular complexity index is 285. The molecule has 0 aromatic heterocycles. The third-order valence-electron chi connectivity index (χ3n) is 2.66. The highest BCUT2D eigenvalue weighted by Gasteiger charge is 2.20. The van der Waals surface area contributed by atoms with Crippen LogP contribution in [0.2, 0.25) is 0 Å². The summed E-state index contributed by atoms with van der Waals surface area (Å²) in [6.07, 6.45) is 0.296. The predicted octanol–water partition coefficient (Wildman–Crippen LogP) is 1.36. The van der Waals surface area contributed by atoms with E-state index >= 15 is 0 Å². The Hall–Kier alpha value is -0.900. The standard InChI is InChI=1S/C12H17NO2/c1-13-12(9-15-11-7-14-8-11)10-5-3-2-4-6-10/h2-6,11-13H,7-9H2,1H3. The zero-order valence-corrected chi connectivity index (χ0v) is 8.98. The van der Waals surface area contributed by atoms with Crippen molar-refractivity contribution >= 4 is 0 Å². The number of benzene rings is 1. The van der Waals surface area contributed by atoms with Crippen LogP contribution in [0, 0.1) is 0 Å². The zero-order chi connectivity index (χ0) is 10.5. The van der Waals surface area contributed by atoms with Gasteiger partial charge in [-0.3, -0.25) is 0 Å². The van der Waals surface area contributed by atoms with Crippen LogP contribution in [-0.4, -0.2) is 33.0 Å². The number of ether oxygens (including phenoxy) is 2. The van der Waals surface area contributed by atoms with Crippen molar-refractivity contribution < 1.29 is 9.47 Å². The fraction of sp³-hybridized carbons (Fsp3) is 0.500. The molecule has 3 nitrogen and oxygen atoms in total. The molecule has 1 fully saturated rings. The maximum atomic E-state index is 5.70. The van der Waals surface area contributed by atoms with Gasteiger partial charge in [0.25, 0.3) is 0 Å². The third kappa shape index (κ3) is 2.78. The van der Waals surface area contributed by atoms with Crippen LogP contribution < -0.4 is 5.32 Å². The van der Waals surface area contributed by atoms with Crippen LogP contribution in [0.1, 0.15) is 11.6 Å². The Balaban J connectivity index is 1.86. The van der Waals surface area contributed by atoms with E-state index in [1.165, 1.54) is 5.56 Å². The van der Waals surface area contributed by atoms with Crippen LogP contribution in [0.15, 0.2) is 30.3 Å². The molecule has 1 aliphatic heterocycles. The van der Waals surface area contributed by atoms with E-state index in [9.17, 15) is 0 Å². The maximum absolute atomic E-state index is 5.70. The lowest BCUT2D eigenvalue weighted by Gasteiger charge is -2.28. The molecule has 0 aliphatic carbocycles. The molecular formula is C12H17NO2. The van der Waals surface area contributed by atoms with Crippen molar-refractivity contribution in [1.29, 1.82) is 0 Å². The van der Waals surface area contributed by atoms with Crippen molar-refractivity contribution in [2.75, 3.05) is 26.9 Å². The minimum atomic E-state index is 0.270.